The fourth-order valence-electron chi connectivity index (χ4n) is 1.75. The zero-order chi connectivity index (χ0) is 13.2. The molecule has 0 saturated carbocycles. The summed E-state index contributed by atoms with van der Waals surface area (Å²) in [6, 6.07) is 11.3. The lowest BCUT2D eigenvalue weighted by Crippen LogP contribution is -2.10. The Morgan fingerprint density at radius 3 is 2.79 bits per heavy atom. The predicted molar refractivity (Wildman–Crippen MR) is 72.1 cm³/mol. The number of nitrogens with zero attached hydrogens (tertiary/aromatic N) is 2. The van der Waals surface area contributed by atoms with Crippen LogP contribution >= 0.6 is 0 Å². The molecule has 0 atom stereocenters. The maximum Gasteiger partial charge on any atom is 0.250 e. The summed E-state index contributed by atoms with van der Waals surface area (Å²) in [5, 5.41) is 3.12. The van der Waals surface area contributed by atoms with Crippen molar-refractivity contribution >= 4 is 28.7 Å². The molecule has 0 radical (unpaired) electrons. The number of pyridine rings is 1. The second-order valence-corrected chi connectivity index (χ2v) is 4.04. The molecule has 0 saturated heterocycles. The second-order valence-electron chi connectivity index (χ2n) is 4.04. The smallest absolute Gasteiger partial charge is 0.250 e. The lowest BCUT2D eigenvalue weighted by Gasteiger charge is -2.00. The number of aromatic nitrogens is 3. The normalized spacial score (nSPS) is 10.5. The minimum absolute atomic E-state index is 0.349. The van der Waals surface area contributed by atoms with Crippen molar-refractivity contribution in [1.82, 2.24) is 15.0 Å². The zero-order valence-corrected chi connectivity index (χ0v) is 9.92. The lowest BCUT2D eigenvalue weighted by atomic mass is 10.2. The highest BCUT2D eigenvalue weighted by Gasteiger charge is 2.07. The lowest BCUT2D eigenvalue weighted by molar-refractivity contribution is 0.1000. The average Bonchev–Trinajstić information content (AvgIpc) is 2.80. The summed E-state index contributed by atoms with van der Waals surface area (Å²) in [7, 11) is 0. The van der Waals surface area contributed by atoms with Gasteiger partial charge in [0.25, 0.3) is 0 Å². The van der Waals surface area contributed by atoms with Gasteiger partial charge in [0.2, 0.25) is 11.9 Å². The molecule has 3 rings (SSSR count). The summed E-state index contributed by atoms with van der Waals surface area (Å²) in [6.45, 7) is 0. The summed E-state index contributed by atoms with van der Waals surface area (Å²) in [4.78, 5) is 22.5. The van der Waals surface area contributed by atoms with Crippen LogP contribution in [0.15, 0.2) is 42.6 Å². The van der Waals surface area contributed by atoms with Gasteiger partial charge >= 0.3 is 0 Å². The molecule has 0 aliphatic heterocycles. The van der Waals surface area contributed by atoms with Crippen LogP contribution in [0.25, 0.3) is 11.2 Å². The number of carbonyl (C=O) groups excluding carboxylic acids is 1. The van der Waals surface area contributed by atoms with Crippen LogP contribution in [0.3, 0.4) is 0 Å². The van der Waals surface area contributed by atoms with Crippen molar-refractivity contribution in [2.45, 2.75) is 0 Å². The van der Waals surface area contributed by atoms with Gasteiger partial charge < -0.3 is 16.0 Å². The Labute approximate surface area is 108 Å². The monoisotopic (exact) mass is 253 g/mol. The van der Waals surface area contributed by atoms with E-state index in [9.17, 15) is 4.79 Å². The van der Waals surface area contributed by atoms with Crippen LogP contribution in [-0.2, 0) is 0 Å². The van der Waals surface area contributed by atoms with E-state index in [0.29, 0.717) is 22.7 Å². The van der Waals surface area contributed by atoms with Crippen LogP contribution in [0.5, 0.6) is 0 Å². The zero-order valence-electron chi connectivity index (χ0n) is 9.92. The summed E-state index contributed by atoms with van der Waals surface area (Å²) < 4.78 is 0. The van der Waals surface area contributed by atoms with Crippen LogP contribution in [-0.4, -0.2) is 20.9 Å². The summed E-state index contributed by atoms with van der Waals surface area (Å²) in [5.41, 5.74) is 7.66. The highest BCUT2D eigenvalue weighted by atomic mass is 16.1. The first-order valence-electron chi connectivity index (χ1n) is 5.70. The molecule has 4 N–H and O–H groups in total. The minimum atomic E-state index is -0.512. The van der Waals surface area contributed by atoms with Crippen molar-refractivity contribution in [3.8, 4) is 0 Å². The Bertz CT molecular complexity index is 735. The molecule has 1 amide bonds. The molecule has 0 spiro atoms. The van der Waals surface area contributed by atoms with Gasteiger partial charge in [-0.1, -0.05) is 18.2 Å². The molecule has 2 heterocycles. The van der Waals surface area contributed by atoms with E-state index in [1.807, 2.05) is 30.3 Å². The van der Waals surface area contributed by atoms with Crippen LogP contribution in [0.2, 0.25) is 0 Å². The van der Waals surface area contributed by atoms with Crippen molar-refractivity contribution in [1.29, 1.82) is 0 Å². The number of benzene rings is 1. The third kappa shape index (κ3) is 2.23. The summed E-state index contributed by atoms with van der Waals surface area (Å²) in [6.07, 6.45) is 1.41. The van der Waals surface area contributed by atoms with Crippen LogP contribution in [0, 0.1) is 0 Å². The van der Waals surface area contributed by atoms with Gasteiger partial charge in [0.15, 0.2) is 5.65 Å². The maximum atomic E-state index is 11.1. The number of rotatable bonds is 3. The Balaban J connectivity index is 1.95. The van der Waals surface area contributed by atoms with Gasteiger partial charge in [-0.25, -0.2) is 4.98 Å². The maximum absolute atomic E-state index is 11.1. The second kappa shape index (κ2) is 4.41. The molecule has 0 aliphatic rings. The van der Waals surface area contributed by atoms with E-state index in [1.54, 1.807) is 6.07 Å². The molecular weight excluding hydrogens is 242 g/mol. The molecular formula is C13H11N5O. The Morgan fingerprint density at radius 2 is 2.05 bits per heavy atom. The van der Waals surface area contributed by atoms with Gasteiger partial charge in [0, 0.05) is 11.9 Å². The number of aromatic amines is 1. The van der Waals surface area contributed by atoms with Crippen molar-refractivity contribution in [3.05, 3.63) is 48.2 Å². The molecule has 0 aliphatic carbocycles. The number of nitrogens with two attached hydrogens (primary N) is 1. The van der Waals surface area contributed by atoms with Gasteiger partial charge in [0.1, 0.15) is 0 Å². The van der Waals surface area contributed by atoms with Crippen molar-refractivity contribution < 1.29 is 4.79 Å². The molecule has 19 heavy (non-hydrogen) atoms. The summed E-state index contributed by atoms with van der Waals surface area (Å²) >= 11 is 0. The molecule has 1 aromatic carbocycles. The topological polar surface area (TPSA) is 96.7 Å². The minimum Gasteiger partial charge on any atom is -0.366 e. The van der Waals surface area contributed by atoms with Crippen LogP contribution in [0.1, 0.15) is 10.4 Å². The number of fused-ring (bicyclic) bond motifs is 1. The molecule has 94 valence electrons. The predicted octanol–water partition coefficient (Wildman–Crippen LogP) is 1.80. The quantitative estimate of drug-likeness (QED) is 0.663. The molecule has 2 aromatic heterocycles. The Hall–Kier alpha value is -2.89. The fourth-order valence-corrected chi connectivity index (χ4v) is 1.75. The Morgan fingerprint density at radius 1 is 1.26 bits per heavy atom. The van der Waals surface area contributed by atoms with Crippen molar-refractivity contribution in [2.75, 3.05) is 5.32 Å². The largest absolute Gasteiger partial charge is 0.366 e. The first kappa shape index (κ1) is 11.2. The number of imidazole rings is 1. The van der Waals surface area contributed by atoms with Gasteiger partial charge in [0.05, 0.1) is 11.1 Å². The number of hydrogen-bond acceptors (Lipinski definition) is 4. The first-order valence-corrected chi connectivity index (χ1v) is 5.70. The number of amides is 1. The van der Waals surface area contributed by atoms with Gasteiger partial charge in [-0.05, 0) is 18.2 Å². The highest BCUT2D eigenvalue weighted by molar-refractivity contribution is 5.95. The molecule has 0 bridgehead atoms. The number of nitrogens with one attached hydrogen (secondary N) is 2. The van der Waals surface area contributed by atoms with E-state index in [0.717, 1.165) is 5.69 Å². The van der Waals surface area contributed by atoms with Crippen LogP contribution in [0.4, 0.5) is 11.6 Å². The SMILES string of the molecule is NC(=O)c1cnc2nc(Nc3ccccc3)[nH]c2c1. The van der Waals surface area contributed by atoms with E-state index in [2.05, 4.69) is 20.3 Å². The van der Waals surface area contributed by atoms with E-state index in [-0.39, 0.29) is 0 Å². The van der Waals surface area contributed by atoms with E-state index in [1.165, 1.54) is 6.20 Å². The molecule has 0 fully saturated rings. The Kier molecular flexibility index (Phi) is 2.60. The number of hydrogen-bond donors (Lipinski definition) is 3. The molecule has 0 unspecified atom stereocenters. The molecule has 6 heteroatoms. The highest BCUT2D eigenvalue weighted by Crippen LogP contribution is 2.17. The fraction of sp³-hybridized carbons (Fsp3) is 0. The average molecular weight is 253 g/mol. The van der Waals surface area contributed by atoms with E-state index in [4.69, 9.17) is 5.73 Å². The third-order valence-electron chi connectivity index (χ3n) is 2.66. The number of H-pyrrole nitrogens is 1. The van der Waals surface area contributed by atoms with Crippen molar-refractivity contribution in [3.63, 3.8) is 0 Å². The third-order valence-corrected chi connectivity index (χ3v) is 2.66. The summed E-state index contributed by atoms with van der Waals surface area (Å²) in [5.74, 6) is 0.0527. The number of para-hydroxylation sites is 1. The van der Waals surface area contributed by atoms with E-state index >= 15 is 0 Å². The van der Waals surface area contributed by atoms with Gasteiger partial charge in [-0.2, -0.15) is 4.98 Å². The first-order chi connectivity index (χ1) is 9.22. The van der Waals surface area contributed by atoms with Gasteiger partial charge in [-0.3, -0.25) is 4.79 Å². The number of carbonyl (C=O) groups is 1. The van der Waals surface area contributed by atoms with Gasteiger partial charge in [-0.15, -0.1) is 0 Å². The molecule has 3 aromatic rings. The standard InChI is InChI=1S/C13H11N5O/c14-11(19)8-6-10-12(15-7-8)18-13(17-10)16-9-4-2-1-3-5-9/h1-7H,(H2,14,19)(H2,15,16,17,18). The van der Waals surface area contributed by atoms with Crippen molar-refractivity contribution in [2.24, 2.45) is 5.73 Å². The molecule has 6 nitrogen and oxygen atoms in total. The van der Waals surface area contributed by atoms with Crippen LogP contribution < -0.4 is 11.1 Å². The number of anilines is 2. The van der Waals surface area contributed by atoms with E-state index < -0.39 is 5.91 Å². The number of primary amides is 1.